The topological polar surface area (TPSA) is 59.3 Å². The first-order valence-electron chi connectivity index (χ1n) is 7.52. The fourth-order valence-electron chi connectivity index (χ4n) is 2.27. The maximum absolute atomic E-state index is 8.74. The van der Waals surface area contributed by atoms with Crippen molar-refractivity contribution in [3.63, 3.8) is 0 Å². The molecule has 0 amide bonds. The Morgan fingerprint density at radius 1 is 1.09 bits per heavy atom. The number of aliphatic hydroxyl groups is 1. The van der Waals surface area contributed by atoms with Gasteiger partial charge in [-0.15, -0.1) is 0 Å². The smallest absolute Gasteiger partial charge is 0.119 e. The molecule has 0 aliphatic rings. The Labute approximate surface area is 135 Å². The molecule has 0 spiro atoms. The largest absolute Gasteiger partial charge is 0.491 e. The van der Waals surface area contributed by atoms with Crippen LogP contribution in [0.2, 0.25) is 0 Å². The number of anilines is 1. The molecule has 23 heavy (non-hydrogen) atoms. The molecule has 2 aromatic carbocycles. The van der Waals surface area contributed by atoms with Gasteiger partial charge in [-0.1, -0.05) is 12.1 Å². The predicted molar refractivity (Wildman–Crippen MR) is 89.9 cm³/mol. The van der Waals surface area contributed by atoms with Crippen molar-refractivity contribution in [2.75, 3.05) is 18.5 Å². The van der Waals surface area contributed by atoms with E-state index in [9.17, 15) is 0 Å². The highest BCUT2D eigenvalue weighted by Gasteiger charge is 2.00. The van der Waals surface area contributed by atoms with E-state index in [1.807, 2.05) is 53.3 Å². The zero-order valence-corrected chi connectivity index (χ0v) is 12.7. The molecule has 0 saturated carbocycles. The van der Waals surface area contributed by atoms with E-state index in [0.717, 1.165) is 23.7 Å². The van der Waals surface area contributed by atoms with Crippen LogP contribution in [0.3, 0.4) is 0 Å². The van der Waals surface area contributed by atoms with Gasteiger partial charge < -0.3 is 15.2 Å². The number of ether oxygens (including phenoxy) is 1. The Balaban J connectivity index is 1.61. The summed E-state index contributed by atoms with van der Waals surface area (Å²) < 4.78 is 7.19. The van der Waals surface area contributed by atoms with Crippen LogP contribution in [0.15, 0.2) is 67.0 Å². The van der Waals surface area contributed by atoms with Crippen molar-refractivity contribution < 1.29 is 9.84 Å². The van der Waals surface area contributed by atoms with Gasteiger partial charge in [-0.2, -0.15) is 5.10 Å². The predicted octanol–water partition coefficient (Wildman–Crippen LogP) is 2.86. The van der Waals surface area contributed by atoms with Crippen LogP contribution < -0.4 is 10.1 Å². The molecule has 0 fully saturated rings. The summed E-state index contributed by atoms with van der Waals surface area (Å²) in [6.45, 7) is 1.06. The number of nitrogens with zero attached hydrogens (tertiary/aromatic N) is 2. The van der Waals surface area contributed by atoms with Gasteiger partial charge in [0, 0.05) is 24.6 Å². The summed E-state index contributed by atoms with van der Waals surface area (Å²) in [4.78, 5) is 0. The highest BCUT2D eigenvalue weighted by atomic mass is 16.5. The van der Waals surface area contributed by atoms with Crippen molar-refractivity contribution in [1.82, 2.24) is 9.78 Å². The van der Waals surface area contributed by atoms with Crippen LogP contribution in [0.25, 0.3) is 5.69 Å². The second-order valence-corrected chi connectivity index (χ2v) is 5.07. The fourth-order valence-corrected chi connectivity index (χ4v) is 2.27. The molecule has 2 N–H and O–H groups in total. The van der Waals surface area contributed by atoms with E-state index < -0.39 is 0 Å². The van der Waals surface area contributed by atoms with Gasteiger partial charge in [0.25, 0.3) is 0 Å². The van der Waals surface area contributed by atoms with E-state index in [2.05, 4.69) is 22.5 Å². The van der Waals surface area contributed by atoms with E-state index in [4.69, 9.17) is 9.84 Å². The van der Waals surface area contributed by atoms with E-state index >= 15 is 0 Å². The standard InChI is InChI=1S/C18H19N3O2/c22-11-12-23-18-7-5-16(6-8-18)19-14-15-3-1-4-17(13-15)21-10-2-9-20-21/h1-10,13,19,22H,11-12,14H2. The summed E-state index contributed by atoms with van der Waals surface area (Å²) in [7, 11) is 0. The van der Waals surface area contributed by atoms with Crippen molar-refractivity contribution in [2.45, 2.75) is 6.54 Å². The number of benzene rings is 2. The second kappa shape index (κ2) is 7.47. The van der Waals surface area contributed by atoms with Gasteiger partial charge in [0.05, 0.1) is 12.3 Å². The maximum atomic E-state index is 8.74. The number of nitrogens with one attached hydrogen (secondary N) is 1. The third-order valence-electron chi connectivity index (χ3n) is 3.39. The highest BCUT2D eigenvalue weighted by molar-refractivity contribution is 5.47. The van der Waals surface area contributed by atoms with E-state index in [-0.39, 0.29) is 6.61 Å². The van der Waals surface area contributed by atoms with Crippen LogP contribution in [0.5, 0.6) is 5.75 Å². The summed E-state index contributed by atoms with van der Waals surface area (Å²) in [6.07, 6.45) is 3.70. The van der Waals surface area contributed by atoms with Crippen LogP contribution >= 0.6 is 0 Å². The number of aromatic nitrogens is 2. The third kappa shape index (κ3) is 4.11. The molecule has 0 aliphatic carbocycles. The average Bonchev–Trinajstić information content (AvgIpc) is 3.14. The summed E-state index contributed by atoms with van der Waals surface area (Å²) in [5.74, 6) is 0.755. The number of hydrogen-bond donors (Lipinski definition) is 2. The zero-order chi connectivity index (χ0) is 15.9. The third-order valence-corrected chi connectivity index (χ3v) is 3.39. The minimum Gasteiger partial charge on any atom is -0.491 e. The molecule has 0 unspecified atom stereocenters. The van der Waals surface area contributed by atoms with Gasteiger partial charge >= 0.3 is 0 Å². The molecule has 0 aliphatic heterocycles. The number of aliphatic hydroxyl groups excluding tert-OH is 1. The first kappa shape index (κ1) is 15.1. The SMILES string of the molecule is OCCOc1ccc(NCc2cccc(-n3cccn3)c2)cc1. The van der Waals surface area contributed by atoms with Gasteiger partial charge in [0.2, 0.25) is 0 Å². The molecule has 3 rings (SSSR count). The summed E-state index contributed by atoms with van der Waals surface area (Å²) >= 11 is 0. The normalized spacial score (nSPS) is 10.5. The number of hydrogen-bond acceptors (Lipinski definition) is 4. The molecule has 3 aromatic rings. The van der Waals surface area contributed by atoms with Crippen LogP contribution in [0.1, 0.15) is 5.56 Å². The quantitative estimate of drug-likeness (QED) is 0.704. The Morgan fingerprint density at radius 2 is 1.96 bits per heavy atom. The molecule has 0 radical (unpaired) electrons. The fraction of sp³-hybridized carbons (Fsp3) is 0.167. The molecule has 1 heterocycles. The second-order valence-electron chi connectivity index (χ2n) is 5.07. The van der Waals surface area contributed by atoms with Gasteiger partial charge in [-0.05, 0) is 48.0 Å². The van der Waals surface area contributed by atoms with Crippen LogP contribution in [0, 0.1) is 0 Å². The Morgan fingerprint density at radius 3 is 2.70 bits per heavy atom. The molecular weight excluding hydrogens is 290 g/mol. The van der Waals surface area contributed by atoms with Crippen molar-refractivity contribution in [3.05, 3.63) is 72.6 Å². The summed E-state index contributed by atoms with van der Waals surface area (Å²) in [6, 6.07) is 17.9. The Bertz CT molecular complexity index is 724. The Hall–Kier alpha value is -2.79. The highest BCUT2D eigenvalue weighted by Crippen LogP contribution is 2.17. The molecular formula is C18H19N3O2. The van der Waals surface area contributed by atoms with Gasteiger partial charge in [0.1, 0.15) is 12.4 Å². The Kier molecular flexibility index (Phi) is 4.91. The van der Waals surface area contributed by atoms with Crippen molar-refractivity contribution in [1.29, 1.82) is 0 Å². The van der Waals surface area contributed by atoms with Crippen LogP contribution in [0.4, 0.5) is 5.69 Å². The first-order chi connectivity index (χ1) is 11.3. The van der Waals surface area contributed by atoms with E-state index in [1.54, 1.807) is 6.20 Å². The first-order valence-corrected chi connectivity index (χ1v) is 7.52. The minimum atomic E-state index is 0.0204. The summed E-state index contributed by atoms with van der Waals surface area (Å²) in [5, 5.41) is 16.4. The van der Waals surface area contributed by atoms with Gasteiger partial charge in [0.15, 0.2) is 0 Å². The van der Waals surface area contributed by atoms with E-state index in [1.165, 1.54) is 5.56 Å². The lowest BCUT2D eigenvalue weighted by molar-refractivity contribution is 0.201. The molecule has 5 heteroatoms. The molecule has 0 bridgehead atoms. The maximum Gasteiger partial charge on any atom is 0.119 e. The molecule has 0 saturated heterocycles. The summed E-state index contributed by atoms with van der Waals surface area (Å²) in [5.41, 5.74) is 3.24. The van der Waals surface area contributed by atoms with E-state index in [0.29, 0.717) is 6.61 Å². The molecule has 118 valence electrons. The molecule has 0 atom stereocenters. The zero-order valence-electron chi connectivity index (χ0n) is 12.7. The number of rotatable bonds is 7. The lowest BCUT2D eigenvalue weighted by Crippen LogP contribution is -2.03. The van der Waals surface area contributed by atoms with Gasteiger partial charge in [-0.25, -0.2) is 4.68 Å². The van der Waals surface area contributed by atoms with Crippen molar-refractivity contribution >= 4 is 5.69 Å². The molecule has 1 aromatic heterocycles. The minimum absolute atomic E-state index is 0.0204. The van der Waals surface area contributed by atoms with Crippen LogP contribution in [-0.4, -0.2) is 28.1 Å². The lowest BCUT2D eigenvalue weighted by Gasteiger charge is -2.10. The van der Waals surface area contributed by atoms with Crippen molar-refractivity contribution in [2.24, 2.45) is 0 Å². The van der Waals surface area contributed by atoms with Crippen LogP contribution in [-0.2, 0) is 6.54 Å². The van der Waals surface area contributed by atoms with Crippen molar-refractivity contribution in [3.8, 4) is 11.4 Å². The van der Waals surface area contributed by atoms with Gasteiger partial charge in [-0.3, -0.25) is 0 Å². The molecule has 5 nitrogen and oxygen atoms in total. The lowest BCUT2D eigenvalue weighted by atomic mass is 10.2. The average molecular weight is 309 g/mol. The monoisotopic (exact) mass is 309 g/mol.